The smallest absolute Gasteiger partial charge is 0.141 e. The Hall–Kier alpha value is -3.44. The zero-order valence-corrected chi connectivity index (χ0v) is 17.0. The fraction of sp³-hybridized carbons (Fsp3) is 0.200. The highest BCUT2D eigenvalue weighted by atomic mass is 16.3. The molecule has 0 aliphatic carbocycles. The molecule has 3 aromatic carbocycles. The maximum atomic E-state index is 9.55. The van der Waals surface area contributed by atoms with Crippen molar-refractivity contribution in [2.45, 2.75) is 26.4 Å². The molecule has 5 rings (SSSR count). The number of hydrogen-bond acceptors (Lipinski definition) is 3. The summed E-state index contributed by atoms with van der Waals surface area (Å²) in [5.41, 5.74) is 6.29. The Morgan fingerprint density at radius 3 is 1.60 bits per heavy atom. The van der Waals surface area contributed by atoms with Gasteiger partial charge in [-0.25, -0.2) is 9.97 Å². The highest BCUT2D eigenvalue weighted by Gasteiger charge is 2.15. The molecule has 0 unspecified atom stereocenters. The lowest BCUT2D eigenvalue weighted by molar-refractivity contribution is 0.278. The molecule has 5 heteroatoms. The molecule has 0 radical (unpaired) electrons. The predicted octanol–water partition coefficient (Wildman–Crippen LogP) is 5.12. The van der Waals surface area contributed by atoms with Crippen LogP contribution in [-0.4, -0.2) is 30.8 Å². The number of hydrogen-bond donors (Lipinski definition) is 1. The average Bonchev–Trinajstić information content (AvgIpc) is 3.34. The van der Waals surface area contributed by atoms with Gasteiger partial charge >= 0.3 is 0 Å². The summed E-state index contributed by atoms with van der Waals surface area (Å²) in [6.07, 6.45) is 1.05. The van der Waals surface area contributed by atoms with Crippen molar-refractivity contribution in [1.29, 1.82) is 0 Å². The summed E-state index contributed by atoms with van der Waals surface area (Å²) < 4.78 is 4.38. The SMILES string of the molecule is CCCn1c(-c2ccc(-c3nc4ccccc4n3CCO)cc2)nc2ccccc21. The fourth-order valence-electron chi connectivity index (χ4n) is 4.14. The zero-order valence-electron chi connectivity index (χ0n) is 17.0. The number of nitrogens with zero attached hydrogens (tertiary/aromatic N) is 4. The summed E-state index contributed by atoms with van der Waals surface area (Å²) in [4.78, 5) is 9.71. The molecule has 0 amide bonds. The first-order valence-electron chi connectivity index (χ1n) is 10.4. The zero-order chi connectivity index (χ0) is 20.5. The molecular weight excluding hydrogens is 372 g/mol. The van der Waals surface area contributed by atoms with Gasteiger partial charge in [-0.05, 0) is 30.7 Å². The minimum atomic E-state index is 0.0759. The number of imidazole rings is 2. The minimum Gasteiger partial charge on any atom is -0.395 e. The van der Waals surface area contributed by atoms with Crippen molar-refractivity contribution < 1.29 is 5.11 Å². The van der Waals surface area contributed by atoms with Crippen molar-refractivity contribution in [3.63, 3.8) is 0 Å². The van der Waals surface area contributed by atoms with Gasteiger partial charge in [0.2, 0.25) is 0 Å². The molecule has 0 atom stereocenters. The number of aliphatic hydroxyl groups is 1. The van der Waals surface area contributed by atoms with Crippen molar-refractivity contribution in [2.75, 3.05) is 6.61 Å². The van der Waals surface area contributed by atoms with E-state index in [9.17, 15) is 5.11 Å². The molecule has 2 heterocycles. The number of aryl methyl sites for hydroxylation is 1. The lowest BCUT2D eigenvalue weighted by Gasteiger charge is -2.10. The van der Waals surface area contributed by atoms with Gasteiger partial charge in [-0.15, -0.1) is 0 Å². The second kappa shape index (κ2) is 7.76. The van der Waals surface area contributed by atoms with Crippen molar-refractivity contribution in [3.8, 4) is 22.8 Å². The van der Waals surface area contributed by atoms with E-state index < -0.39 is 0 Å². The van der Waals surface area contributed by atoms with E-state index in [1.54, 1.807) is 0 Å². The van der Waals surface area contributed by atoms with E-state index in [-0.39, 0.29) is 6.61 Å². The van der Waals surface area contributed by atoms with Crippen LogP contribution in [0.15, 0.2) is 72.8 Å². The monoisotopic (exact) mass is 396 g/mol. The van der Waals surface area contributed by atoms with Crippen molar-refractivity contribution in [1.82, 2.24) is 19.1 Å². The van der Waals surface area contributed by atoms with Crippen LogP contribution < -0.4 is 0 Å². The molecule has 0 bridgehead atoms. The summed E-state index contributed by atoms with van der Waals surface area (Å²) in [5, 5.41) is 9.55. The second-order valence-electron chi connectivity index (χ2n) is 7.45. The molecule has 0 spiro atoms. The Kier molecular flexibility index (Phi) is 4.81. The van der Waals surface area contributed by atoms with Crippen LogP contribution in [0, 0.1) is 0 Å². The number of benzene rings is 3. The van der Waals surface area contributed by atoms with Crippen LogP contribution in [0.2, 0.25) is 0 Å². The highest BCUT2D eigenvalue weighted by molar-refractivity contribution is 5.82. The van der Waals surface area contributed by atoms with Crippen LogP contribution in [0.5, 0.6) is 0 Å². The molecule has 0 aliphatic rings. The normalized spacial score (nSPS) is 11.5. The number of fused-ring (bicyclic) bond motifs is 2. The summed E-state index contributed by atoms with van der Waals surface area (Å²) in [6.45, 7) is 3.72. The van der Waals surface area contributed by atoms with Gasteiger partial charge in [0.25, 0.3) is 0 Å². The maximum absolute atomic E-state index is 9.55. The molecule has 0 saturated carbocycles. The fourth-order valence-corrected chi connectivity index (χ4v) is 4.14. The number of para-hydroxylation sites is 4. The molecule has 150 valence electrons. The van der Waals surface area contributed by atoms with E-state index in [1.807, 2.05) is 30.3 Å². The average molecular weight is 396 g/mol. The van der Waals surface area contributed by atoms with Gasteiger partial charge in [0, 0.05) is 24.2 Å². The molecule has 0 fully saturated rings. The highest BCUT2D eigenvalue weighted by Crippen LogP contribution is 2.29. The van der Waals surface area contributed by atoms with E-state index in [0.717, 1.165) is 52.3 Å². The molecule has 1 N–H and O–H groups in total. The molecule has 5 nitrogen and oxygen atoms in total. The van der Waals surface area contributed by atoms with Gasteiger partial charge in [0.1, 0.15) is 11.6 Å². The van der Waals surface area contributed by atoms with E-state index in [4.69, 9.17) is 9.97 Å². The third kappa shape index (κ3) is 3.08. The van der Waals surface area contributed by atoms with Crippen molar-refractivity contribution in [2.24, 2.45) is 0 Å². The van der Waals surface area contributed by atoms with Crippen LogP contribution in [0.4, 0.5) is 0 Å². The molecule has 5 aromatic rings. The van der Waals surface area contributed by atoms with Gasteiger partial charge in [-0.3, -0.25) is 0 Å². The van der Waals surface area contributed by atoms with Gasteiger partial charge in [0.05, 0.1) is 28.7 Å². The molecule has 30 heavy (non-hydrogen) atoms. The lowest BCUT2D eigenvalue weighted by Crippen LogP contribution is -2.04. The lowest BCUT2D eigenvalue weighted by atomic mass is 10.1. The van der Waals surface area contributed by atoms with Crippen molar-refractivity contribution in [3.05, 3.63) is 72.8 Å². The van der Waals surface area contributed by atoms with Gasteiger partial charge < -0.3 is 14.2 Å². The number of rotatable bonds is 6. The Morgan fingerprint density at radius 1 is 0.667 bits per heavy atom. The minimum absolute atomic E-state index is 0.0759. The Balaban J connectivity index is 1.59. The van der Waals surface area contributed by atoms with E-state index >= 15 is 0 Å². The Labute approximate surface area is 175 Å². The van der Waals surface area contributed by atoms with Crippen molar-refractivity contribution >= 4 is 22.1 Å². The first-order chi connectivity index (χ1) is 14.8. The summed E-state index contributed by atoms with van der Waals surface area (Å²) in [5.74, 6) is 1.87. The third-order valence-electron chi connectivity index (χ3n) is 5.48. The predicted molar refractivity (Wildman–Crippen MR) is 121 cm³/mol. The maximum Gasteiger partial charge on any atom is 0.141 e. The first-order valence-corrected chi connectivity index (χ1v) is 10.4. The summed E-state index contributed by atoms with van der Waals surface area (Å²) in [7, 11) is 0. The van der Waals surface area contributed by atoms with Crippen LogP contribution >= 0.6 is 0 Å². The number of aromatic nitrogens is 4. The van der Waals surface area contributed by atoms with Gasteiger partial charge in [-0.2, -0.15) is 0 Å². The number of aliphatic hydroxyl groups excluding tert-OH is 1. The molecule has 0 saturated heterocycles. The standard InChI is InChI=1S/C25H24N4O/c1-2-15-28-22-9-5-3-7-20(22)26-24(28)18-11-13-19(14-12-18)25-27-21-8-4-6-10-23(21)29(25)16-17-30/h3-14,30H,2,15-17H2,1H3. The molecule has 0 aliphatic heterocycles. The largest absolute Gasteiger partial charge is 0.395 e. The summed E-state index contributed by atoms with van der Waals surface area (Å²) >= 11 is 0. The summed E-state index contributed by atoms with van der Waals surface area (Å²) in [6, 6.07) is 24.8. The second-order valence-corrected chi connectivity index (χ2v) is 7.45. The van der Waals surface area contributed by atoms with E-state index in [2.05, 4.69) is 58.5 Å². The Morgan fingerprint density at radius 2 is 1.13 bits per heavy atom. The Bertz CT molecular complexity index is 1210. The van der Waals surface area contributed by atoms with Gasteiger partial charge in [-0.1, -0.05) is 55.5 Å². The van der Waals surface area contributed by atoms with Crippen LogP contribution in [0.3, 0.4) is 0 Å². The van der Waals surface area contributed by atoms with Crippen LogP contribution in [0.25, 0.3) is 44.8 Å². The third-order valence-corrected chi connectivity index (χ3v) is 5.48. The topological polar surface area (TPSA) is 55.9 Å². The quantitative estimate of drug-likeness (QED) is 0.433. The molecular formula is C25H24N4O. The molecule has 2 aromatic heterocycles. The van der Waals surface area contributed by atoms with Crippen LogP contribution in [-0.2, 0) is 13.1 Å². The van der Waals surface area contributed by atoms with Crippen LogP contribution in [0.1, 0.15) is 13.3 Å². The van der Waals surface area contributed by atoms with Gasteiger partial charge in [0.15, 0.2) is 0 Å². The first kappa shape index (κ1) is 18.6. The van der Waals surface area contributed by atoms with E-state index in [1.165, 1.54) is 5.52 Å². The van der Waals surface area contributed by atoms with E-state index in [0.29, 0.717) is 6.54 Å².